The van der Waals surface area contributed by atoms with Gasteiger partial charge in [-0.1, -0.05) is 49.0 Å². The molecule has 0 bridgehead atoms. The van der Waals surface area contributed by atoms with Gasteiger partial charge in [0.15, 0.2) is 15.0 Å². The van der Waals surface area contributed by atoms with Crippen LogP contribution in [0.1, 0.15) is 18.3 Å². The predicted octanol–water partition coefficient (Wildman–Crippen LogP) is 3.08. The summed E-state index contributed by atoms with van der Waals surface area (Å²) in [6.07, 6.45) is 0.943. The molecular formula is C20H22N4O3S2. The summed E-state index contributed by atoms with van der Waals surface area (Å²) in [4.78, 5) is 12.4. The molecule has 0 saturated carbocycles. The minimum atomic E-state index is -3.51. The Hall–Kier alpha value is -2.65. The smallest absolute Gasteiger partial charge is 0.234 e. The van der Waals surface area contributed by atoms with E-state index in [1.807, 2.05) is 24.3 Å². The molecule has 0 unspecified atom stereocenters. The number of thioether (sulfide) groups is 1. The SMILES string of the molecule is CCc1ccc(NC(=O)CSc2nnc(CS(=O)(=O)c3ccccc3)n2C)cc1. The number of aromatic nitrogens is 3. The molecule has 9 heteroatoms. The zero-order chi connectivity index (χ0) is 20.9. The molecule has 0 spiro atoms. The molecule has 1 aromatic heterocycles. The predicted molar refractivity (Wildman–Crippen MR) is 114 cm³/mol. The summed E-state index contributed by atoms with van der Waals surface area (Å²) in [5.41, 5.74) is 1.94. The van der Waals surface area contributed by atoms with E-state index in [2.05, 4.69) is 22.4 Å². The van der Waals surface area contributed by atoms with Crippen LogP contribution in [0, 0.1) is 0 Å². The van der Waals surface area contributed by atoms with Crippen molar-refractivity contribution in [1.29, 1.82) is 0 Å². The minimum absolute atomic E-state index is 0.146. The highest BCUT2D eigenvalue weighted by Gasteiger charge is 2.20. The molecule has 0 aliphatic carbocycles. The van der Waals surface area contributed by atoms with Gasteiger partial charge in [-0.05, 0) is 36.2 Å². The van der Waals surface area contributed by atoms with Crippen molar-refractivity contribution < 1.29 is 13.2 Å². The topological polar surface area (TPSA) is 94.0 Å². The van der Waals surface area contributed by atoms with Gasteiger partial charge in [-0.25, -0.2) is 8.42 Å². The van der Waals surface area contributed by atoms with Crippen molar-refractivity contribution >= 4 is 33.2 Å². The van der Waals surface area contributed by atoms with E-state index in [1.165, 1.54) is 17.3 Å². The summed E-state index contributed by atoms with van der Waals surface area (Å²) >= 11 is 1.21. The van der Waals surface area contributed by atoms with Gasteiger partial charge in [0.2, 0.25) is 5.91 Å². The van der Waals surface area contributed by atoms with Crippen molar-refractivity contribution in [3.63, 3.8) is 0 Å². The van der Waals surface area contributed by atoms with Gasteiger partial charge < -0.3 is 9.88 Å². The Morgan fingerprint density at radius 2 is 1.76 bits per heavy atom. The number of carbonyl (C=O) groups is 1. The molecule has 0 aliphatic heterocycles. The number of nitrogens with one attached hydrogen (secondary N) is 1. The third-order valence-corrected chi connectivity index (χ3v) is 6.97. The van der Waals surface area contributed by atoms with Crippen LogP contribution in [0.15, 0.2) is 64.6 Å². The fourth-order valence-electron chi connectivity index (χ4n) is 2.63. The van der Waals surface area contributed by atoms with E-state index in [0.29, 0.717) is 11.0 Å². The molecule has 152 valence electrons. The molecule has 29 heavy (non-hydrogen) atoms. The average Bonchev–Trinajstić information content (AvgIpc) is 3.06. The summed E-state index contributed by atoms with van der Waals surface area (Å²) in [6.45, 7) is 2.07. The Bertz CT molecular complexity index is 1080. The number of nitrogens with zero attached hydrogens (tertiary/aromatic N) is 3. The number of amides is 1. The first kappa shape index (κ1) is 21.1. The van der Waals surface area contributed by atoms with Gasteiger partial charge >= 0.3 is 0 Å². The third kappa shape index (κ3) is 5.45. The van der Waals surface area contributed by atoms with E-state index in [1.54, 1.807) is 41.9 Å². The standard InChI is InChI=1S/C20H22N4O3S2/c1-3-15-9-11-16(12-10-15)21-19(25)13-28-20-23-22-18(24(20)2)14-29(26,27)17-7-5-4-6-8-17/h4-12H,3,13-14H2,1-2H3,(H,21,25). The number of anilines is 1. The van der Waals surface area contributed by atoms with Crippen LogP contribution < -0.4 is 5.32 Å². The summed E-state index contributed by atoms with van der Waals surface area (Å²) in [7, 11) is -1.82. The largest absolute Gasteiger partial charge is 0.325 e. The lowest BCUT2D eigenvalue weighted by atomic mass is 10.1. The van der Waals surface area contributed by atoms with Crippen LogP contribution in [0.5, 0.6) is 0 Å². The molecule has 2 aromatic carbocycles. The Labute approximate surface area is 174 Å². The summed E-state index contributed by atoms with van der Waals surface area (Å²) in [5, 5.41) is 11.3. The number of sulfone groups is 1. The monoisotopic (exact) mass is 430 g/mol. The van der Waals surface area contributed by atoms with Crippen LogP contribution in [0.25, 0.3) is 0 Å². The zero-order valence-electron chi connectivity index (χ0n) is 16.2. The van der Waals surface area contributed by atoms with Crippen molar-refractivity contribution in [1.82, 2.24) is 14.8 Å². The van der Waals surface area contributed by atoms with Gasteiger partial charge in [0.05, 0.1) is 10.6 Å². The highest BCUT2D eigenvalue weighted by atomic mass is 32.2. The lowest BCUT2D eigenvalue weighted by Gasteiger charge is -2.07. The molecule has 0 aliphatic rings. The summed E-state index contributed by atoms with van der Waals surface area (Å²) in [5.74, 6) is 0.0527. The number of aryl methyl sites for hydroxylation is 1. The highest BCUT2D eigenvalue weighted by molar-refractivity contribution is 7.99. The molecule has 1 heterocycles. The lowest BCUT2D eigenvalue weighted by Crippen LogP contribution is -2.14. The van der Waals surface area contributed by atoms with Crippen molar-refractivity contribution in [3.05, 3.63) is 66.0 Å². The molecule has 0 fully saturated rings. The highest BCUT2D eigenvalue weighted by Crippen LogP contribution is 2.20. The van der Waals surface area contributed by atoms with E-state index >= 15 is 0 Å². The maximum atomic E-state index is 12.5. The number of carbonyl (C=O) groups excluding carboxylic acids is 1. The van der Waals surface area contributed by atoms with Gasteiger partial charge in [-0.2, -0.15) is 0 Å². The van der Waals surface area contributed by atoms with Gasteiger partial charge in [-0.15, -0.1) is 10.2 Å². The van der Waals surface area contributed by atoms with Gasteiger partial charge in [-0.3, -0.25) is 4.79 Å². The molecule has 0 atom stereocenters. The fraction of sp³-hybridized carbons (Fsp3) is 0.250. The number of benzene rings is 2. The second-order valence-corrected chi connectivity index (χ2v) is 9.35. The third-order valence-electron chi connectivity index (χ3n) is 4.32. The van der Waals surface area contributed by atoms with Crippen molar-refractivity contribution in [2.24, 2.45) is 7.05 Å². The van der Waals surface area contributed by atoms with Crippen molar-refractivity contribution in [2.45, 2.75) is 29.1 Å². The van der Waals surface area contributed by atoms with Gasteiger partial charge in [0, 0.05) is 12.7 Å². The van der Waals surface area contributed by atoms with E-state index in [9.17, 15) is 13.2 Å². The Morgan fingerprint density at radius 3 is 2.41 bits per heavy atom. The van der Waals surface area contributed by atoms with Gasteiger partial charge in [0.1, 0.15) is 11.6 Å². The van der Waals surface area contributed by atoms with Crippen LogP contribution in [0.2, 0.25) is 0 Å². The molecule has 0 saturated heterocycles. The van der Waals surface area contributed by atoms with Crippen LogP contribution >= 0.6 is 11.8 Å². The first-order valence-electron chi connectivity index (χ1n) is 9.06. The summed E-state index contributed by atoms with van der Waals surface area (Å²) < 4.78 is 26.7. The first-order valence-corrected chi connectivity index (χ1v) is 11.7. The number of rotatable bonds is 8. The average molecular weight is 431 g/mol. The number of hydrogen-bond acceptors (Lipinski definition) is 6. The van der Waals surface area contributed by atoms with E-state index in [-0.39, 0.29) is 22.3 Å². The minimum Gasteiger partial charge on any atom is -0.325 e. The Kier molecular flexibility index (Phi) is 6.71. The maximum Gasteiger partial charge on any atom is 0.234 e. The Balaban J connectivity index is 1.60. The normalized spacial score (nSPS) is 11.4. The maximum absolute atomic E-state index is 12.5. The molecule has 0 radical (unpaired) electrons. The second-order valence-electron chi connectivity index (χ2n) is 6.42. The van der Waals surface area contributed by atoms with Crippen LogP contribution in [-0.4, -0.2) is 34.8 Å². The molecule has 7 nitrogen and oxygen atoms in total. The molecule has 3 rings (SSSR count). The van der Waals surface area contributed by atoms with E-state index in [4.69, 9.17) is 0 Å². The Morgan fingerprint density at radius 1 is 1.07 bits per heavy atom. The second kappa shape index (κ2) is 9.23. The van der Waals surface area contributed by atoms with Crippen LogP contribution in [0.4, 0.5) is 5.69 Å². The van der Waals surface area contributed by atoms with E-state index in [0.717, 1.165) is 12.1 Å². The lowest BCUT2D eigenvalue weighted by molar-refractivity contribution is -0.113. The molecule has 1 N–H and O–H groups in total. The molecule has 3 aromatic rings. The molecular weight excluding hydrogens is 408 g/mol. The van der Waals surface area contributed by atoms with Crippen LogP contribution in [0.3, 0.4) is 0 Å². The molecule has 1 amide bonds. The van der Waals surface area contributed by atoms with E-state index < -0.39 is 9.84 Å². The van der Waals surface area contributed by atoms with Crippen molar-refractivity contribution in [2.75, 3.05) is 11.1 Å². The fourth-order valence-corrected chi connectivity index (χ4v) is 4.69. The quantitative estimate of drug-likeness (QED) is 0.552. The van der Waals surface area contributed by atoms with Crippen LogP contribution in [-0.2, 0) is 33.9 Å². The first-order chi connectivity index (χ1) is 13.9. The van der Waals surface area contributed by atoms with Gasteiger partial charge in [0.25, 0.3) is 0 Å². The van der Waals surface area contributed by atoms with Crippen molar-refractivity contribution in [3.8, 4) is 0 Å². The zero-order valence-corrected chi connectivity index (χ0v) is 17.8. The number of hydrogen-bond donors (Lipinski definition) is 1. The summed E-state index contributed by atoms with van der Waals surface area (Å²) in [6, 6.07) is 15.9.